The van der Waals surface area contributed by atoms with Crippen molar-refractivity contribution in [3.63, 3.8) is 0 Å². The summed E-state index contributed by atoms with van der Waals surface area (Å²) in [6.45, 7) is 1.63. The first-order valence-electron chi connectivity index (χ1n) is 4.71. The van der Waals surface area contributed by atoms with Gasteiger partial charge in [-0.2, -0.15) is 9.96 Å². The van der Waals surface area contributed by atoms with Crippen LogP contribution in [0.5, 0.6) is 0 Å². The highest BCUT2D eigenvalue weighted by Crippen LogP contribution is 2.24. The van der Waals surface area contributed by atoms with Crippen molar-refractivity contribution >= 4 is 14.4 Å². The van der Waals surface area contributed by atoms with Crippen LogP contribution in [0.25, 0.3) is 0 Å². The average molecular weight is 242 g/mol. The maximum atomic E-state index is 10.8. The summed E-state index contributed by atoms with van der Waals surface area (Å²) in [6, 6.07) is 9.24. The Morgan fingerprint density at radius 2 is 2.12 bits per heavy atom. The van der Waals surface area contributed by atoms with E-state index in [1.165, 1.54) is 6.92 Å². The standard InChI is InChI=1S/C10H12NO4P/c1-9(16(13)14)11(8-12)15-7-10-5-3-2-4-6-10/h2-6,8-9H,7H2,1H3/p+1. The number of nitrogens with zero attached hydrogens (tertiary/aromatic N) is 1. The van der Waals surface area contributed by atoms with Gasteiger partial charge in [0, 0.05) is 6.92 Å². The SMILES string of the molecule is CC(N(C=O)OCc1ccccc1)[P+](=O)O. The molecule has 0 fully saturated rings. The monoisotopic (exact) mass is 242 g/mol. The molecular weight excluding hydrogens is 229 g/mol. The molecule has 0 spiro atoms. The van der Waals surface area contributed by atoms with Crippen LogP contribution in [0.2, 0.25) is 0 Å². The van der Waals surface area contributed by atoms with E-state index in [9.17, 15) is 9.36 Å². The van der Waals surface area contributed by atoms with E-state index in [0.717, 1.165) is 10.6 Å². The van der Waals surface area contributed by atoms with E-state index >= 15 is 0 Å². The molecule has 1 rings (SSSR count). The highest BCUT2D eigenvalue weighted by molar-refractivity contribution is 7.38. The Balaban J connectivity index is 2.52. The normalized spacial score (nSPS) is 13.0. The molecule has 1 N–H and O–H groups in total. The summed E-state index contributed by atoms with van der Waals surface area (Å²) < 4.78 is 10.8. The van der Waals surface area contributed by atoms with E-state index in [1.54, 1.807) is 0 Å². The molecule has 0 saturated heterocycles. The molecule has 0 bridgehead atoms. The van der Waals surface area contributed by atoms with Gasteiger partial charge >= 0.3 is 8.03 Å². The zero-order chi connectivity index (χ0) is 12.0. The molecule has 5 nitrogen and oxygen atoms in total. The number of rotatable bonds is 6. The van der Waals surface area contributed by atoms with Gasteiger partial charge in [-0.25, -0.2) is 0 Å². The number of hydrogen-bond donors (Lipinski definition) is 1. The molecule has 16 heavy (non-hydrogen) atoms. The Bertz CT molecular complexity index is 357. The quantitative estimate of drug-likeness (QED) is 0.468. The van der Waals surface area contributed by atoms with Gasteiger partial charge in [0.2, 0.25) is 6.41 Å². The zero-order valence-electron chi connectivity index (χ0n) is 8.81. The molecule has 0 aromatic heterocycles. The number of hydroxylamine groups is 2. The van der Waals surface area contributed by atoms with Crippen LogP contribution < -0.4 is 0 Å². The van der Waals surface area contributed by atoms with Gasteiger partial charge in [-0.15, -0.1) is 0 Å². The minimum absolute atomic E-state index is 0.188. The summed E-state index contributed by atoms with van der Waals surface area (Å²) in [7, 11) is -2.47. The maximum absolute atomic E-state index is 10.8. The van der Waals surface area contributed by atoms with Crippen LogP contribution >= 0.6 is 8.03 Å². The molecule has 2 atom stereocenters. The van der Waals surface area contributed by atoms with E-state index in [1.807, 2.05) is 30.3 Å². The third-order valence-corrected chi connectivity index (χ3v) is 2.88. The number of amides is 1. The summed E-state index contributed by atoms with van der Waals surface area (Å²) in [4.78, 5) is 24.6. The molecule has 0 aliphatic carbocycles. The van der Waals surface area contributed by atoms with E-state index in [0.29, 0.717) is 6.41 Å². The Morgan fingerprint density at radius 3 is 2.62 bits per heavy atom. The second kappa shape index (κ2) is 6.33. The summed E-state index contributed by atoms with van der Waals surface area (Å²) in [5.41, 5.74) is 0.884. The van der Waals surface area contributed by atoms with Crippen LogP contribution in [-0.4, -0.2) is 22.1 Å². The second-order valence-corrected chi connectivity index (χ2v) is 4.51. The largest absolute Gasteiger partial charge is 0.532 e. The fourth-order valence-electron chi connectivity index (χ4n) is 1.05. The topological polar surface area (TPSA) is 66.8 Å². The van der Waals surface area contributed by atoms with E-state index < -0.39 is 13.8 Å². The summed E-state index contributed by atoms with van der Waals surface area (Å²) in [6.07, 6.45) is 0.400. The summed E-state index contributed by atoms with van der Waals surface area (Å²) >= 11 is 0. The van der Waals surface area contributed by atoms with Crippen LogP contribution in [-0.2, 0) is 20.8 Å². The second-order valence-electron chi connectivity index (χ2n) is 3.16. The Hall–Kier alpha value is -1.29. The van der Waals surface area contributed by atoms with Crippen molar-refractivity contribution in [3.8, 4) is 0 Å². The van der Waals surface area contributed by atoms with Crippen molar-refractivity contribution in [2.45, 2.75) is 19.3 Å². The Labute approximate surface area is 94.5 Å². The van der Waals surface area contributed by atoms with Crippen molar-refractivity contribution in [2.75, 3.05) is 0 Å². The lowest BCUT2D eigenvalue weighted by molar-refractivity contribution is -0.181. The fourth-order valence-corrected chi connectivity index (χ4v) is 1.36. The maximum Gasteiger partial charge on any atom is 0.532 e. The number of carbonyl (C=O) groups excluding carboxylic acids is 1. The van der Waals surface area contributed by atoms with Gasteiger partial charge < -0.3 is 0 Å². The molecule has 1 aromatic carbocycles. The molecule has 0 aliphatic rings. The molecule has 0 saturated carbocycles. The van der Waals surface area contributed by atoms with Crippen molar-refractivity contribution in [3.05, 3.63) is 35.9 Å². The molecule has 0 aliphatic heterocycles. The van der Waals surface area contributed by atoms with Crippen molar-refractivity contribution in [1.29, 1.82) is 0 Å². The molecule has 0 radical (unpaired) electrons. The molecule has 86 valence electrons. The number of benzene rings is 1. The summed E-state index contributed by atoms with van der Waals surface area (Å²) in [5.74, 6) is -0.851. The van der Waals surface area contributed by atoms with Gasteiger partial charge in [-0.05, 0) is 10.1 Å². The van der Waals surface area contributed by atoms with Gasteiger partial charge in [0.1, 0.15) is 6.61 Å². The molecule has 1 aromatic rings. The Morgan fingerprint density at radius 1 is 1.50 bits per heavy atom. The van der Waals surface area contributed by atoms with Crippen LogP contribution in [0.15, 0.2) is 30.3 Å². The highest BCUT2D eigenvalue weighted by atomic mass is 31.1. The van der Waals surface area contributed by atoms with Crippen molar-refractivity contribution in [1.82, 2.24) is 5.06 Å². The first-order chi connectivity index (χ1) is 7.65. The predicted octanol–water partition coefficient (Wildman–Crippen LogP) is 1.66. The number of hydrogen-bond acceptors (Lipinski definition) is 3. The minimum Gasteiger partial charge on any atom is -0.276 e. The van der Waals surface area contributed by atoms with Gasteiger partial charge in [0.25, 0.3) is 5.78 Å². The Kier molecular flexibility index (Phi) is 5.05. The summed E-state index contributed by atoms with van der Waals surface area (Å²) in [5, 5.41) is 0.853. The van der Waals surface area contributed by atoms with E-state index in [4.69, 9.17) is 9.73 Å². The molecule has 2 unspecified atom stereocenters. The van der Waals surface area contributed by atoms with Gasteiger partial charge in [-0.1, -0.05) is 30.3 Å². The van der Waals surface area contributed by atoms with Crippen molar-refractivity contribution in [2.24, 2.45) is 0 Å². The van der Waals surface area contributed by atoms with Crippen molar-refractivity contribution < 1.29 is 19.1 Å². The molecular formula is C10H13NO4P+. The van der Waals surface area contributed by atoms with Gasteiger partial charge in [0.15, 0.2) is 0 Å². The third kappa shape index (κ3) is 3.70. The predicted molar refractivity (Wildman–Crippen MR) is 58.4 cm³/mol. The third-order valence-electron chi connectivity index (χ3n) is 2.01. The first-order valence-corrected chi connectivity index (χ1v) is 5.99. The highest BCUT2D eigenvalue weighted by Gasteiger charge is 2.30. The lowest BCUT2D eigenvalue weighted by Gasteiger charge is -2.15. The lowest BCUT2D eigenvalue weighted by Crippen LogP contribution is -2.29. The lowest BCUT2D eigenvalue weighted by atomic mass is 10.2. The zero-order valence-corrected chi connectivity index (χ0v) is 9.71. The van der Waals surface area contributed by atoms with Crippen LogP contribution in [0.1, 0.15) is 12.5 Å². The average Bonchev–Trinajstić information content (AvgIpc) is 2.30. The smallest absolute Gasteiger partial charge is 0.276 e. The van der Waals surface area contributed by atoms with E-state index in [2.05, 4.69) is 0 Å². The molecule has 1 amide bonds. The number of carbonyl (C=O) groups is 1. The van der Waals surface area contributed by atoms with E-state index in [-0.39, 0.29) is 6.61 Å². The fraction of sp³-hybridized carbons (Fsp3) is 0.300. The molecule has 0 heterocycles. The van der Waals surface area contributed by atoms with Crippen LogP contribution in [0, 0.1) is 0 Å². The van der Waals surface area contributed by atoms with Gasteiger partial charge in [-0.3, -0.25) is 9.63 Å². The van der Waals surface area contributed by atoms with Gasteiger partial charge in [0.05, 0.1) is 0 Å². The molecule has 6 heteroatoms. The van der Waals surface area contributed by atoms with Crippen LogP contribution in [0.3, 0.4) is 0 Å². The first kappa shape index (κ1) is 12.8. The minimum atomic E-state index is -2.47. The van der Waals surface area contributed by atoms with Crippen LogP contribution in [0.4, 0.5) is 0 Å².